The molecule has 1 fully saturated rings. The number of nitro groups is 1. The molecule has 0 spiro atoms. The molecule has 17 heavy (non-hydrogen) atoms. The molecule has 1 aliphatic carbocycles. The molecule has 0 saturated heterocycles. The highest BCUT2D eigenvalue weighted by molar-refractivity contribution is 8.00. The summed E-state index contributed by atoms with van der Waals surface area (Å²) < 4.78 is -0.177. The lowest BCUT2D eigenvalue weighted by Gasteiger charge is -2.33. The first-order valence-corrected chi connectivity index (χ1v) is 6.88. The van der Waals surface area contributed by atoms with Crippen molar-refractivity contribution in [3.8, 4) is 0 Å². The predicted octanol–water partition coefficient (Wildman–Crippen LogP) is 3.76. The molecule has 1 aromatic rings. The van der Waals surface area contributed by atoms with Crippen LogP contribution in [0.3, 0.4) is 0 Å². The number of thioether (sulfide) groups is 1. The van der Waals surface area contributed by atoms with E-state index in [9.17, 15) is 10.1 Å². The van der Waals surface area contributed by atoms with E-state index in [1.54, 1.807) is 11.8 Å². The molecule has 0 N–H and O–H groups in total. The molecule has 1 saturated carbocycles. The first-order valence-electron chi connectivity index (χ1n) is 6.06. The Kier molecular flexibility index (Phi) is 4.05. The smallest absolute Gasteiger partial charge is 0.218 e. The lowest BCUT2D eigenvalue weighted by atomic mass is 9.88. The molecule has 0 bridgehead atoms. The number of rotatable bonds is 4. The highest BCUT2D eigenvalue weighted by Gasteiger charge is 2.38. The zero-order valence-corrected chi connectivity index (χ0v) is 10.6. The zero-order valence-electron chi connectivity index (χ0n) is 9.80. The second-order valence-corrected chi connectivity index (χ2v) is 6.19. The molecule has 0 aromatic heterocycles. The fourth-order valence-corrected chi connectivity index (χ4v) is 3.92. The third-order valence-corrected chi connectivity index (χ3v) is 4.74. The summed E-state index contributed by atoms with van der Waals surface area (Å²) in [4.78, 5) is 11.9. The summed E-state index contributed by atoms with van der Waals surface area (Å²) in [5, 5.41) is 10.9. The summed E-state index contributed by atoms with van der Waals surface area (Å²) in [6.07, 6.45) is 5.39. The Bertz CT molecular complexity index is 374. The van der Waals surface area contributed by atoms with Crippen molar-refractivity contribution in [2.45, 2.75) is 41.7 Å². The predicted molar refractivity (Wildman–Crippen MR) is 70.0 cm³/mol. The van der Waals surface area contributed by atoms with Crippen LogP contribution in [0, 0.1) is 10.1 Å². The van der Waals surface area contributed by atoms with Gasteiger partial charge in [0.05, 0.1) is 4.75 Å². The van der Waals surface area contributed by atoms with Gasteiger partial charge in [0, 0.05) is 9.82 Å². The van der Waals surface area contributed by atoms with Crippen molar-refractivity contribution in [2.75, 3.05) is 6.54 Å². The van der Waals surface area contributed by atoms with Gasteiger partial charge < -0.3 is 0 Å². The molecule has 0 radical (unpaired) electrons. The molecule has 0 aliphatic heterocycles. The van der Waals surface area contributed by atoms with E-state index in [0.717, 1.165) is 30.6 Å². The van der Waals surface area contributed by atoms with Crippen LogP contribution in [0.1, 0.15) is 32.1 Å². The molecule has 2 rings (SSSR count). The van der Waals surface area contributed by atoms with Gasteiger partial charge in [-0.1, -0.05) is 37.5 Å². The second-order valence-electron chi connectivity index (χ2n) is 4.65. The molecule has 0 heterocycles. The van der Waals surface area contributed by atoms with E-state index < -0.39 is 0 Å². The van der Waals surface area contributed by atoms with Crippen molar-refractivity contribution >= 4 is 11.8 Å². The summed E-state index contributed by atoms with van der Waals surface area (Å²) in [7, 11) is 0. The maximum Gasteiger partial charge on any atom is 0.218 e. The molecule has 4 heteroatoms. The van der Waals surface area contributed by atoms with Crippen LogP contribution in [0.4, 0.5) is 0 Å². The standard InChI is InChI=1S/C13H17NO2S/c15-14(16)11-13(9-5-2-6-10-13)17-12-7-3-1-4-8-12/h1,3-4,7-8H,2,5-6,9-11H2. The van der Waals surface area contributed by atoms with Gasteiger partial charge in [0.15, 0.2) is 0 Å². The number of benzene rings is 1. The average Bonchev–Trinajstić information content (AvgIpc) is 2.30. The summed E-state index contributed by atoms with van der Waals surface area (Å²) in [5.74, 6) is 0. The minimum atomic E-state index is -0.177. The number of hydrogen-bond acceptors (Lipinski definition) is 3. The van der Waals surface area contributed by atoms with Crippen LogP contribution in [-0.2, 0) is 0 Å². The maximum absolute atomic E-state index is 10.9. The van der Waals surface area contributed by atoms with E-state index in [4.69, 9.17) is 0 Å². The summed E-state index contributed by atoms with van der Waals surface area (Å²) in [6.45, 7) is 0.0898. The number of hydrogen-bond donors (Lipinski definition) is 0. The van der Waals surface area contributed by atoms with E-state index in [2.05, 4.69) is 0 Å². The first kappa shape index (κ1) is 12.4. The Morgan fingerprint density at radius 2 is 1.82 bits per heavy atom. The summed E-state index contributed by atoms with van der Waals surface area (Å²) in [6, 6.07) is 10.0. The average molecular weight is 251 g/mol. The monoisotopic (exact) mass is 251 g/mol. The van der Waals surface area contributed by atoms with Gasteiger partial charge in [-0.2, -0.15) is 0 Å². The molecule has 0 unspecified atom stereocenters. The molecule has 0 amide bonds. The SMILES string of the molecule is O=[N+]([O-])CC1(Sc2ccccc2)CCCCC1. The molecule has 1 aliphatic rings. The molecule has 0 atom stereocenters. The van der Waals surface area contributed by atoms with Crippen LogP contribution in [-0.4, -0.2) is 16.2 Å². The van der Waals surface area contributed by atoms with Crippen LogP contribution >= 0.6 is 11.8 Å². The van der Waals surface area contributed by atoms with Gasteiger partial charge in [-0.3, -0.25) is 10.1 Å². The van der Waals surface area contributed by atoms with Gasteiger partial charge in [-0.15, -0.1) is 11.8 Å². The van der Waals surface area contributed by atoms with E-state index >= 15 is 0 Å². The van der Waals surface area contributed by atoms with E-state index in [1.165, 1.54) is 6.42 Å². The highest BCUT2D eigenvalue weighted by atomic mass is 32.2. The molecular formula is C13H17NO2S. The van der Waals surface area contributed by atoms with Gasteiger partial charge in [0.2, 0.25) is 6.54 Å². The largest absolute Gasteiger partial charge is 0.264 e. The van der Waals surface area contributed by atoms with Gasteiger partial charge in [0.25, 0.3) is 0 Å². The summed E-state index contributed by atoms with van der Waals surface area (Å²) in [5.41, 5.74) is 0. The third-order valence-electron chi connectivity index (χ3n) is 3.26. The first-order chi connectivity index (χ1) is 8.20. The van der Waals surface area contributed by atoms with Crippen molar-refractivity contribution < 1.29 is 4.92 Å². The van der Waals surface area contributed by atoms with Crippen molar-refractivity contribution in [2.24, 2.45) is 0 Å². The van der Waals surface area contributed by atoms with Crippen LogP contribution in [0.15, 0.2) is 35.2 Å². The van der Waals surface area contributed by atoms with Gasteiger partial charge >= 0.3 is 0 Å². The van der Waals surface area contributed by atoms with Crippen LogP contribution in [0.2, 0.25) is 0 Å². The Labute approximate surface area is 106 Å². The Morgan fingerprint density at radius 3 is 2.41 bits per heavy atom. The van der Waals surface area contributed by atoms with Crippen molar-refractivity contribution in [1.82, 2.24) is 0 Å². The Hall–Kier alpha value is -1.03. The molecule has 92 valence electrons. The Morgan fingerprint density at radius 1 is 1.18 bits per heavy atom. The van der Waals surface area contributed by atoms with Crippen LogP contribution in [0.25, 0.3) is 0 Å². The topological polar surface area (TPSA) is 43.1 Å². The third kappa shape index (κ3) is 3.46. The van der Waals surface area contributed by atoms with E-state index in [1.807, 2.05) is 30.3 Å². The van der Waals surface area contributed by atoms with Gasteiger partial charge in [-0.05, 0) is 25.0 Å². The maximum atomic E-state index is 10.9. The lowest BCUT2D eigenvalue weighted by molar-refractivity contribution is -0.485. The van der Waals surface area contributed by atoms with Gasteiger partial charge in [0.1, 0.15) is 0 Å². The highest BCUT2D eigenvalue weighted by Crippen LogP contribution is 2.43. The Balaban J connectivity index is 2.12. The van der Waals surface area contributed by atoms with Crippen LogP contribution in [0.5, 0.6) is 0 Å². The molecular weight excluding hydrogens is 234 g/mol. The van der Waals surface area contributed by atoms with Crippen molar-refractivity contribution in [1.29, 1.82) is 0 Å². The minimum Gasteiger partial charge on any atom is -0.264 e. The fourth-order valence-electron chi connectivity index (χ4n) is 2.46. The zero-order chi connectivity index (χ0) is 12.1. The second kappa shape index (κ2) is 5.54. The fraction of sp³-hybridized carbons (Fsp3) is 0.538. The van der Waals surface area contributed by atoms with Gasteiger partial charge in [-0.25, -0.2) is 0 Å². The molecule has 3 nitrogen and oxygen atoms in total. The molecule has 1 aromatic carbocycles. The summed E-state index contributed by atoms with van der Waals surface area (Å²) >= 11 is 1.70. The van der Waals surface area contributed by atoms with Crippen molar-refractivity contribution in [3.63, 3.8) is 0 Å². The van der Waals surface area contributed by atoms with E-state index in [-0.39, 0.29) is 16.2 Å². The quantitative estimate of drug-likeness (QED) is 0.604. The normalized spacial score (nSPS) is 18.8. The van der Waals surface area contributed by atoms with Crippen LogP contribution < -0.4 is 0 Å². The minimum absolute atomic E-state index is 0.0898. The van der Waals surface area contributed by atoms with Crippen molar-refractivity contribution in [3.05, 3.63) is 40.4 Å². The number of nitrogens with zero attached hydrogens (tertiary/aromatic N) is 1. The lowest BCUT2D eigenvalue weighted by Crippen LogP contribution is -2.35. The van der Waals surface area contributed by atoms with E-state index in [0.29, 0.717) is 0 Å².